The van der Waals surface area contributed by atoms with Crippen molar-refractivity contribution in [3.8, 4) is 0 Å². The highest BCUT2D eigenvalue weighted by Crippen LogP contribution is 2.13. The van der Waals surface area contributed by atoms with Gasteiger partial charge in [0.25, 0.3) is 15.8 Å². The van der Waals surface area contributed by atoms with Crippen LogP contribution in [0.25, 0.3) is 10.9 Å². The minimum Gasteiger partial charge on any atom is -0.322 e. The van der Waals surface area contributed by atoms with E-state index in [1.54, 1.807) is 6.92 Å². The van der Waals surface area contributed by atoms with E-state index in [-0.39, 0.29) is 12.1 Å². The molecule has 0 aliphatic carbocycles. The third-order valence-corrected chi connectivity index (χ3v) is 4.35. The third kappa shape index (κ3) is 4.13. The maximum Gasteiger partial charge on any atom is 0.276 e. The maximum atomic E-state index is 12.0. The van der Waals surface area contributed by atoms with Gasteiger partial charge in [-0.2, -0.15) is 8.42 Å². The molecule has 6 nitrogen and oxygen atoms in total. The number of pyridine rings is 1. The zero-order valence-corrected chi connectivity index (χ0v) is 12.9. The number of hydrogen-bond donors (Lipinski definition) is 3. The van der Waals surface area contributed by atoms with E-state index in [0.29, 0.717) is 18.5 Å². The van der Waals surface area contributed by atoms with Crippen LogP contribution in [0.1, 0.15) is 18.1 Å². The molecule has 0 amide bonds. The number of aromatic nitrogens is 1. The summed E-state index contributed by atoms with van der Waals surface area (Å²) >= 11 is 0. The molecule has 3 N–H and O–H groups in total. The average molecular weight is 309 g/mol. The molecule has 0 unspecified atom stereocenters. The van der Waals surface area contributed by atoms with Crippen LogP contribution in [0.2, 0.25) is 0 Å². The van der Waals surface area contributed by atoms with Gasteiger partial charge in [0, 0.05) is 24.2 Å². The van der Waals surface area contributed by atoms with Crippen molar-refractivity contribution in [3.63, 3.8) is 0 Å². The molecular weight excluding hydrogens is 290 g/mol. The molecule has 114 valence electrons. The summed E-state index contributed by atoms with van der Waals surface area (Å²) in [5.41, 5.74) is 2.26. The largest absolute Gasteiger partial charge is 0.322 e. The average Bonchev–Trinajstić information content (AvgIpc) is 2.39. The highest BCUT2D eigenvalue weighted by Gasteiger charge is 2.08. The highest BCUT2D eigenvalue weighted by atomic mass is 32.2. The zero-order chi connectivity index (χ0) is 15.5. The summed E-state index contributed by atoms with van der Waals surface area (Å²) in [6.45, 7) is 4.19. The lowest BCUT2D eigenvalue weighted by Crippen LogP contribution is -2.37. The maximum absolute atomic E-state index is 12.0. The van der Waals surface area contributed by atoms with Gasteiger partial charge in [0.2, 0.25) is 0 Å². The van der Waals surface area contributed by atoms with E-state index >= 15 is 0 Å². The molecule has 7 heteroatoms. The molecule has 0 aliphatic heterocycles. The Morgan fingerprint density at radius 1 is 1.19 bits per heavy atom. The van der Waals surface area contributed by atoms with Gasteiger partial charge in [-0.25, -0.2) is 9.44 Å². The van der Waals surface area contributed by atoms with Crippen LogP contribution < -0.4 is 15.0 Å². The zero-order valence-electron chi connectivity index (χ0n) is 12.1. The van der Waals surface area contributed by atoms with Crippen LogP contribution in [-0.4, -0.2) is 26.5 Å². The normalized spacial score (nSPS) is 11.9. The topological polar surface area (TPSA) is 91.1 Å². The molecule has 1 aromatic carbocycles. The van der Waals surface area contributed by atoms with Gasteiger partial charge in [0.05, 0.1) is 0 Å². The van der Waals surface area contributed by atoms with Crippen molar-refractivity contribution >= 4 is 21.1 Å². The van der Waals surface area contributed by atoms with Crippen molar-refractivity contribution in [2.75, 3.05) is 13.1 Å². The van der Waals surface area contributed by atoms with Crippen LogP contribution in [0, 0.1) is 6.92 Å². The van der Waals surface area contributed by atoms with E-state index < -0.39 is 10.2 Å². The van der Waals surface area contributed by atoms with Crippen molar-refractivity contribution < 1.29 is 8.42 Å². The Bertz CT molecular complexity index is 797. The van der Waals surface area contributed by atoms with E-state index in [9.17, 15) is 13.2 Å². The molecule has 1 aromatic heterocycles. The van der Waals surface area contributed by atoms with Crippen LogP contribution in [0.15, 0.2) is 29.1 Å². The summed E-state index contributed by atoms with van der Waals surface area (Å²) in [5.74, 6) is 0. The Kier molecular flexibility index (Phi) is 4.76. The lowest BCUT2D eigenvalue weighted by molar-refractivity contribution is 0.568. The van der Waals surface area contributed by atoms with Gasteiger partial charge in [0.15, 0.2) is 0 Å². The van der Waals surface area contributed by atoms with Crippen LogP contribution >= 0.6 is 0 Å². The first-order chi connectivity index (χ1) is 9.91. The summed E-state index contributed by atoms with van der Waals surface area (Å²) in [6, 6.07) is 7.59. The Morgan fingerprint density at radius 2 is 1.95 bits per heavy atom. The molecule has 0 saturated heterocycles. The minimum atomic E-state index is -3.48. The van der Waals surface area contributed by atoms with Crippen molar-refractivity contribution in [1.82, 2.24) is 14.4 Å². The SMILES string of the molecule is CCNS(=O)(=O)NCCc1cc2cc(C)ccc2[nH]c1=O. The predicted molar refractivity (Wildman–Crippen MR) is 83.6 cm³/mol. The summed E-state index contributed by atoms with van der Waals surface area (Å²) in [5, 5.41) is 0.944. The predicted octanol–water partition coefficient (Wildman–Crippen LogP) is 0.823. The fraction of sp³-hybridized carbons (Fsp3) is 0.357. The molecule has 0 bridgehead atoms. The fourth-order valence-corrected chi connectivity index (χ4v) is 2.97. The van der Waals surface area contributed by atoms with Crippen molar-refractivity contribution in [2.24, 2.45) is 0 Å². The number of hydrogen-bond acceptors (Lipinski definition) is 3. The Morgan fingerprint density at radius 3 is 2.67 bits per heavy atom. The second-order valence-electron chi connectivity index (χ2n) is 4.86. The van der Waals surface area contributed by atoms with Crippen LogP contribution in [-0.2, 0) is 16.6 Å². The van der Waals surface area contributed by atoms with Gasteiger partial charge >= 0.3 is 0 Å². The first-order valence-electron chi connectivity index (χ1n) is 6.78. The van der Waals surface area contributed by atoms with Gasteiger partial charge in [0.1, 0.15) is 0 Å². The van der Waals surface area contributed by atoms with Crippen LogP contribution in [0.3, 0.4) is 0 Å². The van der Waals surface area contributed by atoms with Crippen molar-refractivity contribution in [1.29, 1.82) is 0 Å². The lowest BCUT2D eigenvalue weighted by atomic mass is 10.1. The highest BCUT2D eigenvalue weighted by molar-refractivity contribution is 7.87. The van der Waals surface area contributed by atoms with Gasteiger partial charge in [-0.3, -0.25) is 4.79 Å². The summed E-state index contributed by atoms with van der Waals surface area (Å²) in [7, 11) is -3.48. The van der Waals surface area contributed by atoms with E-state index in [2.05, 4.69) is 14.4 Å². The van der Waals surface area contributed by atoms with Gasteiger partial charge in [-0.05, 0) is 36.9 Å². The molecule has 2 aromatic rings. The molecule has 0 atom stereocenters. The Balaban J connectivity index is 2.15. The second kappa shape index (κ2) is 6.38. The quantitative estimate of drug-likeness (QED) is 0.738. The summed E-state index contributed by atoms with van der Waals surface area (Å²) in [4.78, 5) is 14.8. The van der Waals surface area contributed by atoms with Gasteiger partial charge in [-0.1, -0.05) is 18.6 Å². The second-order valence-corrected chi connectivity index (χ2v) is 6.44. The lowest BCUT2D eigenvalue weighted by Gasteiger charge is -2.07. The van der Waals surface area contributed by atoms with Crippen molar-refractivity contribution in [3.05, 3.63) is 45.7 Å². The van der Waals surface area contributed by atoms with Crippen LogP contribution in [0.4, 0.5) is 0 Å². The smallest absolute Gasteiger partial charge is 0.276 e. The summed E-state index contributed by atoms with van der Waals surface area (Å²) < 4.78 is 27.6. The number of rotatable bonds is 6. The van der Waals surface area contributed by atoms with Crippen LogP contribution in [0.5, 0.6) is 0 Å². The van der Waals surface area contributed by atoms with E-state index in [1.165, 1.54) is 0 Å². The molecular formula is C14H19N3O3S. The van der Waals surface area contributed by atoms with Gasteiger partial charge in [-0.15, -0.1) is 0 Å². The molecule has 0 radical (unpaired) electrons. The van der Waals surface area contributed by atoms with E-state index in [4.69, 9.17) is 0 Å². The molecule has 0 aliphatic rings. The monoisotopic (exact) mass is 309 g/mol. The minimum absolute atomic E-state index is 0.176. The number of nitrogens with one attached hydrogen (secondary N) is 3. The third-order valence-electron chi connectivity index (χ3n) is 3.10. The molecule has 21 heavy (non-hydrogen) atoms. The first-order valence-corrected chi connectivity index (χ1v) is 8.26. The number of aromatic amines is 1. The number of fused-ring (bicyclic) bond motifs is 1. The molecule has 0 saturated carbocycles. The molecule has 0 spiro atoms. The van der Waals surface area contributed by atoms with Crippen molar-refractivity contribution in [2.45, 2.75) is 20.3 Å². The number of H-pyrrole nitrogens is 1. The molecule has 1 heterocycles. The van der Waals surface area contributed by atoms with E-state index in [1.807, 2.05) is 31.2 Å². The standard InChI is InChI=1S/C14H19N3O3S/c1-3-15-21(19,20)16-7-6-11-9-12-8-10(2)4-5-13(12)17-14(11)18/h4-5,8-9,15-16H,3,6-7H2,1-2H3,(H,17,18). The molecule has 2 rings (SSSR count). The summed E-state index contributed by atoms with van der Waals surface area (Å²) in [6.07, 6.45) is 0.337. The number of benzene rings is 1. The Labute approximate surface area is 123 Å². The Hall–Kier alpha value is -1.70. The first kappa shape index (κ1) is 15.7. The number of aryl methyl sites for hydroxylation is 1. The fourth-order valence-electron chi connectivity index (χ4n) is 2.12. The molecule has 0 fully saturated rings. The van der Waals surface area contributed by atoms with Gasteiger partial charge < -0.3 is 4.98 Å². The van der Waals surface area contributed by atoms with E-state index in [0.717, 1.165) is 16.5 Å².